The van der Waals surface area contributed by atoms with Crippen LogP contribution in [0.5, 0.6) is 0 Å². The van der Waals surface area contributed by atoms with Gasteiger partial charge in [0.1, 0.15) is 12.1 Å². The lowest BCUT2D eigenvalue weighted by atomic mass is 9.78. The van der Waals surface area contributed by atoms with Crippen molar-refractivity contribution in [2.75, 3.05) is 18.7 Å². The van der Waals surface area contributed by atoms with Gasteiger partial charge < -0.3 is 25.4 Å². The number of anilines is 1. The summed E-state index contributed by atoms with van der Waals surface area (Å²) in [5, 5.41) is 2.87. The summed E-state index contributed by atoms with van der Waals surface area (Å²) in [4.78, 5) is 55.7. The third-order valence-corrected chi connectivity index (χ3v) is 7.21. The number of unbranched alkanes of at least 4 members (excludes halogenated alkanes) is 1. The van der Waals surface area contributed by atoms with Gasteiger partial charge in [-0.05, 0) is 74.8 Å². The number of nitrogens with one attached hydrogen (secondary N) is 2. The summed E-state index contributed by atoms with van der Waals surface area (Å²) in [7, 11) is 0. The molecule has 0 bridgehead atoms. The summed E-state index contributed by atoms with van der Waals surface area (Å²) in [5.41, 5.74) is 10.5. The van der Waals surface area contributed by atoms with Crippen LogP contribution in [0.2, 0.25) is 0 Å². The Morgan fingerprint density at radius 3 is 2.22 bits per heavy atom. The number of hydrogen-bond donors (Lipinski definition) is 3. The van der Waals surface area contributed by atoms with E-state index in [2.05, 4.69) is 10.8 Å². The van der Waals surface area contributed by atoms with Crippen LogP contribution in [0.25, 0.3) is 0 Å². The van der Waals surface area contributed by atoms with Crippen LogP contribution in [0.3, 0.4) is 0 Å². The summed E-state index contributed by atoms with van der Waals surface area (Å²) in [6.45, 7) is 4.39. The van der Waals surface area contributed by atoms with Crippen molar-refractivity contribution in [2.45, 2.75) is 70.9 Å². The third kappa shape index (κ3) is 9.89. The van der Waals surface area contributed by atoms with Crippen LogP contribution in [0, 0.1) is 11.8 Å². The molecule has 10 nitrogen and oxygen atoms in total. The number of hydrogen-bond acceptors (Lipinski definition) is 9. The van der Waals surface area contributed by atoms with Gasteiger partial charge in [0.25, 0.3) is 0 Å². The van der Waals surface area contributed by atoms with Gasteiger partial charge in [0, 0.05) is 12.3 Å². The van der Waals surface area contributed by atoms with Gasteiger partial charge in [-0.15, -0.1) is 0 Å². The summed E-state index contributed by atoms with van der Waals surface area (Å²) in [6.07, 6.45) is 4.35. The Hall–Kier alpha value is -3.92. The number of carbonyl (C=O) groups is 4. The van der Waals surface area contributed by atoms with Crippen molar-refractivity contribution >= 4 is 29.5 Å². The Kier molecular flexibility index (Phi) is 12.6. The fourth-order valence-corrected chi connectivity index (χ4v) is 4.75. The van der Waals surface area contributed by atoms with E-state index in [-0.39, 0.29) is 36.7 Å². The van der Waals surface area contributed by atoms with Gasteiger partial charge in [-0.25, -0.2) is 15.1 Å². The minimum atomic E-state index is -0.926. The second-order valence-electron chi connectivity index (χ2n) is 10.2. The topological polar surface area (TPSA) is 146 Å². The Morgan fingerprint density at radius 2 is 1.59 bits per heavy atom. The van der Waals surface area contributed by atoms with Crippen LogP contribution >= 0.6 is 0 Å². The fraction of sp³-hybridized carbons (Fsp3) is 0.484. The number of nitrogens with two attached hydrogens (primary N) is 1. The van der Waals surface area contributed by atoms with Crippen LogP contribution in [0.15, 0.2) is 54.6 Å². The van der Waals surface area contributed by atoms with E-state index in [1.54, 1.807) is 31.2 Å². The first-order valence-electron chi connectivity index (χ1n) is 14.3. The van der Waals surface area contributed by atoms with Gasteiger partial charge in [-0.1, -0.05) is 43.7 Å². The highest BCUT2D eigenvalue weighted by Gasteiger charge is 2.34. The predicted octanol–water partition coefficient (Wildman–Crippen LogP) is 3.94. The summed E-state index contributed by atoms with van der Waals surface area (Å²) < 4.78 is 10.2. The molecule has 1 unspecified atom stereocenters. The molecule has 1 amide bonds. The number of rotatable bonds is 14. The van der Waals surface area contributed by atoms with Gasteiger partial charge >= 0.3 is 17.9 Å². The van der Waals surface area contributed by atoms with Gasteiger partial charge in [0.15, 0.2) is 0 Å². The van der Waals surface area contributed by atoms with Crippen molar-refractivity contribution in [3.8, 4) is 0 Å². The van der Waals surface area contributed by atoms with E-state index in [0.29, 0.717) is 43.5 Å². The molecule has 4 N–H and O–H groups in total. The highest BCUT2D eigenvalue weighted by atomic mass is 16.7. The second-order valence-corrected chi connectivity index (χ2v) is 10.2. The molecule has 222 valence electrons. The monoisotopic (exact) mass is 567 g/mol. The number of amides is 1. The van der Waals surface area contributed by atoms with E-state index >= 15 is 0 Å². The van der Waals surface area contributed by atoms with Crippen LogP contribution < -0.4 is 16.5 Å². The molecule has 0 aromatic heterocycles. The molecule has 0 saturated heterocycles. The Labute approximate surface area is 241 Å². The van der Waals surface area contributed by atoms with Crippen LogP contribution in [-0.2, 0) is 35.1 Å². The Bertz CT molecular complexity index is 1130. The normalized spacial score (nSPS) is 17.9. The molecule has 1 fully saturated rings. The molecule has 1 aliphatic rings. The Morgan fingerprint density at radius 1 is 0.902 bits per heavy atom. The molecule has 0 heterocycles. The van der Waals surface area contributed by atoms with Crippen molar-refractivity contribution in [1.82, 2.24) is 5.32 Å². The molecule has 1 aliphatic carbocycles. The lowest BCUT2D eigenvalue weighted by Gasteiger charge is -2.31. The molecular weight excluding hydrogens is 526 g/mol. The lowest BCUT2D eigenvalue weighted by Crippen LogP contribution is -2.48. The largest absolute Gasteiger partial charge is 0.465 e. The first-order valence-corrected chi connectivity index (χ1v) is 14.3. The summed E-state index contributed by atoms with van der Waals surface area (Å²) in [6, 6.07) is 14.0. The van der Waals surface area contributed by atoms with E-state index in [0.717, 1.165) is 18.4 Å². The number of esters is 2. The zero-order valence-electron chi connectivity index (χ0n) is 23.8. The molecule has 2 atom stereocenters. The second kappa shape index (κ2) is 16.4. The first kappa shape index (κ1) is 31.6. The molecule has 2 aromatic carbocycles. The van der Waals surface area contributed by atoms with E-state index in [1.807, 2.05) is 37.3 Å². The molecule has 0 spiro atoms. The summed E-state index contributed by atoms with van der Waals surface area (Å²) >= 11 is 0. The third-order valence-electron chi connectivity index (χ3n) is 7.21. The molecule has 2 aromatic rings. The van der Waals surface area contributed by atoms with Crippen molar-refractivity contribution in [1.29, 1.82) is 0 Å². The molecule has 41 heavy (non-hydrogen) atoms. The standard InChI is InChI=1S/C31H41N3O7/c1-3-5-19-40-31(38)27(32)22-11-13-23(14-12-22)28(35)33-26(20-21-9-7-6-8-10-21)30(37)41-34-25-17-15-24(16-18-25)29(36)39-4-2/h6-10,15-18,22-23,26-27,34H,3-5,11-14,19-20,32H2,1-2H3,(H,33,35)/t22?,23?,26-,27?/m0/s1. The maximum atomic E-state index is 13.2. The SMILES string of the molecule is CCCCOC(=O)C(N)C1CCC(C(=O)N[C@@H](Cc2ccccc2)C(=O)ONc2ccc(C(=O)OCC)cc2)CC1. The minimum Gasteiger partial charge on any atom is -0.465 e. The molecule has 10 heteroatoms. The summed E-state index contributed by atoms with van der Waals surface area (Å²) in [5.74, 6) is -2.06. The smallest absolute Gasteiger partial charge is 0.354 e. The average molecular weight is 568 g/mol. The predicted molar refractivity (Wildman–Crippen MR) is 153 cm³/mol. The Balaban J connectivity index is 1.56. The van der Waals surface area contributed by atoms with Crippen LogP contribution in [-0.4, -0.2) is 49.1 Å². The van der Waals surface area contributed by atoms with E-state index in [4.69, 9.17) is 20.0 Å². The van der Waals surface area contributed by atoms with Crippen molar-refractivity contribution in [3.05, 3.63) is 65.7 Å². The van der Waals surface area contributed by atoms with Gasteiger partial charge in [-0.2, -0.15) is 0 Å². The fourth-order valence-electron chi connectivity index (χ4n) is 4.75. The first-order chi connectivity index (χ1) is 19.8. The number of carbonyl (C=O) groups excluding carboxylic acids is 4. The van der Waals surface area contributed by atoms with E-state index in [9.17, 15) is 19.2 Å². The molecular formula is C31H41N3O7. The highest BCUT2D eigenvalue weighted by Crippen LogP contribution is 2.31. The highest BCUT2D eigenvalue weighted by molar-refractivity contribution is 5.90. The number of benzene rings is 2. The lowest BCUT2D eigenvalue weighted by molar-refractivity contribution is -0.148. The molecule has 1 saturated carbocycles. The van der Waals surface area contributed by atoms with Gasteiger partial charge in [0.05, 0.1) is 24.5 Å². The van der Waals surface area contributed by atoms with E-state index in [1.165, 1.54) is 0 Å². The minimum absolute atomic E-state index is 0.0438. The maximum absolute atomic E-state index is 13.2. The zero-order chi connectivity index (χ0) is 29.6. The van der Waals surface area contributed by atoms with Crippen LogP contribution in [0.4, 0.5) is 5.69 Å². The average Bonchev–Trinajstić information content (AvgIpc) is 3.00. The van der Waals surface area contributed by atoms with Gasteiger partial charge in [-0.3, -0.25) is 9.59 Å². The van der Waals surface area contributed by atoms with Gasteiger partial charge in [0.2, 0.25) is 5.91 Å². The molecule has 0 radical (unpaired) electrons. The van der Waals surface area contributed by atoms with Crippen LogP contribution in [0.1, 0.15) is 68.3 Å². The van der Waals surface area contributed by atoms with E-state index < -0.39 is 24.0 Å². The molecule has 3 rings (SSSR count). The van der Waals surface area contributed by atoms with Crippen molar-refractivity contribution in [2.24, 2.45) is 17.6 Å². The zero-order valence-corrected chi connectivity index (χ0v) is 23.8. The van der Waals surface area contributed by atoms with Crippen molar-refractivity contribution < 1.29 is 33.5 Å². The number of ether oxygens (including phenoxy) is 2. The quantitative estimate of drug-likeness (QED) is 0.134. The molecule has 0 aliphatic heterocycles. The van der Waals surface area contributed by atoms with Crippen molar-refractivity contribution in [3.63, 3.8) is 0 Å². The maximum Gasteiger partial charge on any atom is 0.354 e.